The van der Waals surface area contributed by atoms with E-state index in [0.29, 0.717) is 13.0 Å². The Kier molecular flexibility index (Phi) is 41.4. The molecule has 0 saturated heterocycles. The standard InChI is InChI=1S/C46H88NO9P/c1-3-5-7-9-11-13-15-17-19-21-23-25-27-29-31-33-35-37-39-53-40-43(41-54-57(51,52)55-42-44(47)46(49)50)56-45(48)38-36-34-32-30-28-26-24-22-20-18-16-14-12-10-8-6-4-2/h12,14,18,20,43-44H,3-11,13,15-17,19,21-42,47H2,1-2H3,(H,49,50)(H,51,52)/b14-12-,20-18-. The number of rotatable bonds is 45. The number of phosphoric acid groups is 1. The highest BCUT2D eigenvalue weighted by atomic mass is 31.2. The summed E-state index contributed by atoms with van der Waals surface area (Å²) >= 11 is 0. The van der Waals surface area contributed by atoms with Gasteiger partial charge in [0.2, 0.25) is 0 Å². The molecule has 10 nitrogen and oxygen atoms in total. The van der Waals surface area contributed by atoms with Gasteiger partial charge in [-0.15, -0.1) is 0 Å². The van der Waals surface area contributed by atoms with Crippen LogP contribution < -0.4 is 5.73 Å². The summed E-state index contributed by atoms with van der Waals surface area (Å²) in [6.45, 7) is 3.88. The number of hydrogen-bond donors (Lipinski definition) is 3. The zero-order valence-corrected chi connectivity index (χ0v) is 37.6. The molecule has 4 N–H and O–H groups in total. The highest BCUT2D eigenvalue weighted by molar-refractivity contribution is 7.47. The van der Waals surface area contributed by atoms with Gasteiger partial charge in [-0.25, -0.2) is 4.57 Å². The van der Waals surface area contributed by atoms with Crippen molar-refractivity contribution < 1.29 is 42.7 Å². The Morgan fingerprint density at radius 3 is 1.46 bits per heavy atom. The molecule has 0 bridgehead atoms. The summed E-state index contributed by atoms with van der Waals surface area (Å²) < 4.78 is 33.4. The molecule has 0 amide bonds. The highest BCUT2D eigenvalue weighted by Crippen LogP contribution is 2.43. The summed E-state index contributed by atoms with van der Waals surface area (Å²) in [6, 6.07) is -1.47. The van der Waals surface area contributed by atoms with E-state index in [1.807, 2.05) is 0 Å². The summed E-state index contributed by atoms with van der Waals surface area (Å²) in [5.41, 5.74) is 5.36. The average molecular weight is 830 g/mol. The fraction of sp³-hybridized carbons (Fsp3) is 0.870. The van der Waals surface area contributed by atoms with Gasteiger partial charge in [0, 0.05) is 13.0 Å². The molecular weight excluding hydrogens is 741 g/mol. The highest BCUT2D eigenvalue weighted by Gasteiger charge is 2.27. The fourth-order valence-electron chi connectivity index (χ4n) is 6.58. The predicted molar refractivity (Wildman–Crippen MR) is 235 cm³/mol. The van der Waals surface area contributed by atoms with Crippen molar-refractivity contribution >= 4 is 19.8 Å². The fourth-order valence-corrected chi connectivity index (χ4v) is 7.35. The lowest BCUT2D eigenvalue weighted by molar-refractivity contribution is -0.154. The van der Waals surface area contributed by atoms with Gasteiger partial charge in [0.05, 0.1) is 19.8 Å². The maximum Gasteiger partial charge on any atom is 0.472 e. The first-order valence-corrected chi connectivity index (χ1v) is 24.9. The molecule has 0 aromatic rings. The first kappa shape index (κ1) is 55.5. The van der Waals surface area contributed by atoms with Crippen LogP contribution in [0, 0.1) is 0 Å². The van der Waals surface area contributed by atoms with E-state index < -0.39 is 45.1 Å². The topological polar surface area (TPSA) is 155 Å². The third kappa shape index (κ3) is 42.4. The van der Waals surface area contributed by atoms with Crippen LogP contribution in [-0.4, -0.2) is 60.5 Å². The normalized spacial score (nSPS) is 14.0. The van der Waals surface area contributed by atoms with Gasteiger partial charge >= 0.3 is 19.8 Å². The first-order chi connectivity index (χ1) is 27.7. The number of unbranched alkanes of at least 4 members (excludes halogenated alkanes) is 27. The molecule has 0 heterocycles. The van der Waals surface area contributed by atoms with E-state index in [1.54, 1.807) is 0 Å². The third-order valence-electron chi connectivity index (χ3n) is 10.2. The molecule has 336 valence electrons. The number of nitrogens with two attached hydrogens (primary N) is 1. The van der Waals surface area contributed by atoms with Gasteiger partial charge in [-0.3, -0.25) is 18.6 Å². The molecule has 0 spiro atoms. The Hall–Kier alpha value is -1.55. The lowest BCUT2D eigenvalue weighted by Gasteiger charge is -2.20. The lowest BCUT2D eigenvalue weighted by Crippen LogP contribution is -2.34. The van der Waals surface area contributed by atoms with Crippen LogP contribution >= 0.6 is 7.82 Å². The largest absolute Gasteiger partial charge is 0.480 e. The first-order valence-electron chi connectivity index (χ1n) is 23.4. The van der Waals surface area contributed by atoms with Crippen molar-refractivity contribution in [3.63, 3.8) is 0 Å². The van der Waals surface area contributed by atoms with E-state index in [9.17, 15) is 19.0 Å². The van der Waals surface area contributed by atoms with Gasteiger partial charge in [-0.2, -0.15) is 0 Å². The van der Waals surface area contributed by atoms with E-state index in [1.165, 1.54) is 141 Å². The summed E-state index contributed by atoms with van der Waals surface area (Å²) in [5, 5.41) is 8.91. The van der Waals surface area contributed by atoms with Crippen LogP contribution in [0.5, 0.6) is 0 Å². The van der Waals surface area contributed by atoms with Crippen LogP contribution in [0.1, 0.15) is 219 Å². The summed E-state index contributed by atoms with van der Waals surface area (Å²) in [7, 11) is -4.62. The van der Waals surface area contributed by atoms with E-state index in [4.69, 9.17) is 29.4 Å². The molecule has 0 aliphatic rings. The van der Waals surface area contributed by atoms with Crippen molar-refractivity contribution in [3.8, 4) is 0 Å². The van der Waals surface area contributed by atoms with Gasteiger partial charge in [0.25, 0.3) is 0 Å². The van der Waals surface area contributed by atoms with Crippen molar-refractivity contribution in [2.45, 2.75) is 231 Å². The molecule has 0 aliphatic heterocycles. The summed E-state index contributed by atoms with van der Waals surface area (Å²) in [6.07, 6.45) is 46.5. The van der Waals surface area contributed by atoms with E-state index >= 15 is 0 Å². The van der Waals surface area contributed by atoms with Crippen LogP contribution in [0.15, 0.2) is 24.3 Å². The predicted octanol–water partition coefficient (Wildman–Crippen LogP) is 13.1. The molecule has 11 heteroatoms. The van der Waals surface area contributed by atoms with Gasteiger partial charge in [0.15, 0.2) is 0 Å². The van der Waals surface area contributed by atoms with Crippen LogP contribution in [0.25, 0.3) is 0 Å². The number of carbonyl (C=O) groups excluding carboxylic acids is 1. The molecule has 0 radical (unpaired) electrons. The van der Waals surface area contributed by atoms with Crippen LogP contribution in [0.3, 0.4) is 0 Å². The van der Waals surface area contributed by atoms with Gasteiger partial charge < -0.3 is 25.2 Å². The Morgan fingerprint density at radius 1 is 0.561 bits per heavy atom. The van der Waals surface area contributed by atoms with Crippen LogP contribution in [-0.2, 0) is 32.7 Å². The molecule has 3 atom stereocenters. The van der Waals surface area contributed by atoms with Gasteiger partial charge in [0.1, 0.15) is 12.1 Å². The molecule has 0 saturated carbocycles. The lowest BCUT2D eigenvalue weighted by atomic mass is 10.0. The quantitative estimate of drug-likeness (QED) is 0.0234. The summed E-state index contributed by atoms with van der Waals surface area (Å²) in [5.74, 6) is -1.78. The van der Waals surface area contributed by atoms with E-state index in [-0.39, 0.29) is 13.0 Å². The van der Waals surface area contributed by atoms with Crippen molar-refractivity contribution in [2.75, 3.05) is 26.4 Å². The van der Waals surface area contributed by atoms with Crippen molar-refractivity contribution in [2.24, 2.45) is 5.73 Å². The van der Waals surface area contributed by atoms with Crippen molar-refractivity contribution in [1.29, 1.82) is 0 Å². The molecular formula is C46H88NO9P. The zero-order chi connectivity index (χ0) is 41.9. The Morgan fingerprint density at radius 2 is 0.965 bits per heavy atom. The number of phosphoric ester groups is 1. The van der Waals surface area contributed by atoms with Gasteiger partial charge in [-0.1, -0.05) is 192 Å². The smallest absolute Gasteiger partial charge is 0.472 e. The van der Waals surface area contributed by atoms with Crippen molar-refractivity contribution in [3.05, 3.63) is 24.3 Å². The number of carboxylic acids is 1. The molecule has 3 unspecified atom stereocenters. The second-order valence-electron chi connectivity index (χ2n) is 15.9. The average Bonchev–Trinajstić information content (AvgIpc) is 3.19. The summed E-state index contributed by atoms with van der Waals surface area (Å²) in [4.78, 5) is 33.6. The van der Waals surface area contributed by atoms with Crippen LogP contribution in [0.2, 0.25) is 0 Å². The minimum Gasteiger partial charge on any atom is -0.480 e. The third-order valence-corrected chi connectivity index (χ3v) is 11.2. The van der Waals surface area contributed by atoms with Crippen molar-refractivity contribution in [1.82, 2.24) is 0 Å². The Labute approximate surface area is 349 Å². The minimum atomic E-state index is -4.62. The SMILES string of the molecule is CCCCC/C=C\C/C=C\CCCCCCCCCC(=O)OC(COCCCCCCCCCCCCCCCCCCCC)COP(=O)(O)OCC(N)C(=O)O. The second kappa shape index (κ2) is 42.6. The number of hydrogen-bond acceptors (Lipinski definition) is 8. The van der Waals surface area contributed by atoms with E-state index in [0.717, 1.165) is 51.4 Å². The molecule has 57 heavy (non-hydrogen) atoms. The van der Waals surface area contributed by atoms with Crippen LogP contribution in [0.4, 0.5) is 0 Å². The Bertz CT molecular complexity index is 1010. The number of carbonyl (C=O) groups is 2. The number of carboxylic acid groups (broad SMARTS) is 1. The minimum absolute atomic E-state index is 0.0181. The number of aliphatic carboxylic acids is 1. The maximum absolute atomic E-state index is 12.6. The second-order valence-corrected chi connectivity index (χ2v) is 17.3. The number of allylic oxidation sites excluding steroid dienone is 4. The monoisotopic (exact) mass is 830 g/mol. The Balaban J connectivity index is 4.18. The van der Waals surface area contributed by atoms with Gasteiger partial charge in [-0.05, 0) is 44.9 Å². The molecule has 0 rings (SSSR count). The molecule has 0 aromatic carbocycles. The zero-order valence-electron chi connectivity index (χ0n) is 36.7. The number of esters is 1. The maximum atomic E-state index is 12.6. The van der Waals surface area contributed by atoms with E-state index in [2.05, 4.69) is 38.2 Å². The molecule has 0 aromatic heterocycles. The molecule has 0 fully saturated rings. The molecule has 0 aliphatic carbocycles. The number of ether oxygens (including phenoxy) is 2.